The van der Waals surface area contributed by atoms with Gasteiger partial charge in [-0.1, -0.05) is 58.8 Å². The van der Waals surface area contributed by atoms with Gasteiger partial charge in [0.25, 0.3) is 0 Å². The predicted octanol–water partition coefficient (Wildman–Crippen LogP) is 5.29. The molecule has 1 N–H and O–H groups in total. The number of hydrogen-bond donors (Lipinski definition) is 1. The van der Waals surface area contributed by atoms with Gasteiger partial charge in [-0.3, -0.25) is 10.1 Å². The third-order valence-electron chi connectivity index (χ3n) is 3.46. The quantitative estimate of drug-likeness (QED) is 0.602. The highest BCUT2D eigenvalue weighted by molar-refractivity contribution is 8.00. The number of halogens is 1. The van der Waals surface area contributed by atoms with Crippen LogP contribution in [-0.2, 0) is 4.79 Å². The van der Waals surface area contributed by atoms with Crippen LogP contribution < -0.4 is 5.32 Å². The van der Waals surface area contributed by atoms with E-state index in [1.54, 1.807) is 6.07 Å². The molecule has 3 aromatic rings. The summed E-state index contributed by atoms with van der Waals surface area (Å²) in [5, 5.41) is 12.5. The van der Waals surface area contributed by atoms with Gasteiger partial charge in [0, 0.05) is 10.5 Å². The molecule has 0 saturated heterocycles. The first kappa shape index (κ1) is 17.9. The molecule has 0 saturated carbocycles. The van der Waals surface area contributed by atoms with Gasteiger partial charge in [-0.15, -0.1) is 22.0 Å². The molecule has 1 heterocycles. The molecule has 0 aliphatic rings. The van der Waals surface area contributed by atoms with E-state index in [2.05, 4.69) is 15.5 Å². The second-order valence-corrected chi connectivity index (χ2v) is 8.25. The number of hydrogen-bond acceptors (Lipinski definition) is 5. The number of benzene rings is 2. The van der Waals surface area contributed by atoms with Crippen LogP contribution in [0.5, 0.6) is 0 Å². The van der Waals surface area contributed by atoms with E-state index < -0.39 is 0 Å². The highest BCUT2D eigenvalue weighted by Crippen LogP contribution is 2.32. The Balaban J connectivity index is 1.65. The molecule has 3 rings (SSSR count). The summed E-state index contributed by atoms with van der Waals surface area (Å²) in [5.41, 5.74) is 2.01. The first-order chi connectivity index (χ1) is 12.0. The highest BCUT2D eigenvalue weighted by Gasteiger charge is 2.17. The van der Waals surface area contributed by atoms with E-state index >= 15 is 0 Å². The Labute approximate surface area is 159 Å². The Kier molecular flexibility index (Phi) is 5.73. The average Bonchev–Trinajstić information content (AvgIpc) is 3.05. The first-order valence-corrected chi connectivity index (χ1v) is 9.73. The third kappa shape index (κ3) is 4.60. The zero-order valence-electron chi connectivity index (χ0n) is 13.7. The number of rotatable bonds is 5. The van der Waals surface area contributed by atoms with E-state index in [-0.39, 0.29) is 11.2 Å². The lowest BCUT2D eigenvalue weighted by molar-refractivity contribution is -0.115. The fourth-order valence-electron chi connectivity index (χ4n) is 2.10. The minimum absolute atomic E-state index is 0.104. The molecule has 0 aliphatic heterocycles. The molecule has 25 heavy (non-hydrogen) atoms. The van der Waals surface area contributed by atoms with E-state index in [1.165, 1.54) is 28.7 Å². The summed E-state index contributed by atoms with van der Waals surface area (Å²) in [7, 11) is 0. The van der Waals surface area contributed by atoms with E-state index in [1.807, 2.05) is 56.3 Å². The van der Waals surface area contributed by atoms with Crippen LogP contribution >= 0.6 is 34.7 Å². The van der Waals surface area contributed by atoms with Crippen molar-refractivity contribution in [3.63, 3.8) is 0 Å². The van der Waals surface area contributed by atoms with Gasteiger partial charge in [-0.25, -0.2) is 0 Å². The molecule has 1 unspecified atom stereocenters. The number of thioether (sulfide) groups is 1. The molecule has 0 radical (unpaired) electrons. The van der Waals surface area contributed by atoms with Gasteiger partial charge in [0.05, 0.1) is 10.3 Å². The van der Waals surface area contributed by atoms with Crippen molar-refractivity contribution in [2.45, 2.75) is 24.0 Å². The normalized spacial score (nSPS) is 12.0. The number of carbonyl (C=O) groups is 1. The number of aromatic nitrogens is 2. The minimum Gasteiger partial charge on any atom is -0.300 e. The Morgan fingerprint density at radius 1 is 1.16 bits per heavy atom. The fraction of sp³-hybridized carbons (Fsp3) is 0.167. The molecule has 0 fully saturated rings. The molecule has 0 aliphatic carbocycles. The van der Waals surface area contributed by atoms with Crippen LogP contribution in [0.1, 0.15) is 12.5 Å². The topological polar surface area (TPSA) is 54.9 Å². The maximum absolute atomic E-state index is 12.4. The molecule has 4 nitrogen and oxygen atoms in total. The summed E-state index contributed by atoms with van der Waals surface area (Å²) in [4.78, 5) is 13.4. The first-order valence-electron chi connectivity index (χ1n) is 7.65. The van der Waals surface area contributed by atoms with Crippen LogP contribution in [0.3, 0.4) is 0 Å². The third-order valence-corrected chi connectivity index (χ3v) is 5.78. The van der Waals surface area contributed by atoms with Crippen molar-refractivity contribution in [3.05, 3.63) is 59.1 Å². The summed E-state index contributed by atoms with van der Waals surface area (Å²) in [6.07, 6.45) is 0. The highest BCUT2D eigenvalue weighted by atomic mass is 35.5. The van der Waals surface area contributed by atoms with E-state index in [0.29, 0.717) is 15.2 Å². The van der Waals surface area contributed by atoms with Crippen molar-refractivity contribution in [2.24, 2.45) is 0 Å². The van der Waals surface area contributed by atoms with Crippen molar-refractivity contribution >= 4 is 45.7 Å². The van der Waals surface area contributed by atoms with Crippen molar-refractivity contribution in [3.8, 4) is 10.6 Å². The summed E-state index contributed by atoms with van der Waals surface area (Å²) in [6, 6.07) is 15.5. The van der Waals surface area contributed by atoms with Gasteiger partial charge < -0.3 is 0 Å². The van der Waals surface area contributed by atoms with Gasteiger partial charge in [-0.05, 0) is 32.0 Å². The molecular weight excluding hydrogens is 374 g/mol. The summed E-state index contributed by atoms with van der Waals surface area (Å²) >= 11 is 8.99. The summed E-state index contributed by atoms with van der Waals surface area (Å²) < 4.78 is 0. The number of anilines is 1. The lowest BCUT2D eigenvalue weighted by Gasteiger charge is -2.10. The molecular formula is C18H16ClN3OS2. The van der Waals surface area contributed by atoms with E-state index in [4.69, 9.17) is 11.6 Å². The van der Waals surface area contributed by atoms with Gasteiger partial charge in [-0.2, -0.15) is 0 Å². The van der Waals surface area contributed by atoms with Crippen LogP contribution in [0.25, 0.3) is 10.6 Å². The Hall–Kier alpha value is -1.89. The van der Waals surface area contributed by atoms with Crippen LogP contribution in [-0.4, -0.2) is 21.4 Å². The molecule has 0 bridgehead atoms. The van der Waals surface area contributed by atoms with Gasteiger partial charge in [0.15, 0.2) is 5.01 Å². The second kappa shape index (κ2) is 7.99. The van der Waals surface area contributed by atoms with Gasteiger partial charge in [0.1, 0.15) is 0 Å². The molecule has 7 heteroatoms. The molecule has 128 valence electrons. The standard InChI is InChI=1S/C18H16ClN3OS2/c1-11-7-9-13(10-8-11)24-12(2)16(23)20-18-22-21-17(25-18)14-5-3-4-6-15(14)19/h3-10,12H,1-2H3,(H,20,22,23). The molecule has 0 spiro atoms. The lowest BCUT2D eigenvalue weighted by Crippen LogP contribution is -2.22. The summed E-state index contributed by atoms with van der Waals surface area (Å²) in [6.45, 7) is 3.91. The number of carbonyl (C=O) groups excluding carboxylic acids is 1. The number of aryl methyl sites for hydroxylation is 1. The maximum Gasteiger partial charge on any atom is 0.239 e. The average molecular weight is 390 g/mol. The van der Waals surface area contributed by atoms with E-state index in [0.717, 1.165) is 10.5 Å². The maximum atomic E-state index is 12.4. The van der Waals surface area contributed by atoms with Crippen LogP contribution in [0, 0.1) is 6.92 Å². The fourth-order valence-corrected chi connectivity index (χ4v) is 4.03. The monoisotopic (exact) mass is 389 g/mol. The molecule has 1 atom stereocenters. The smallest absolute Gasteiger partial charge is 0.239 e. The van der Waals surface area contributed by atoms with Crippen LogP contribution in [0.4, 0.5) is 5.13 Å². The zero-order valence-corrected chi connectivity index (χ0v) is 16.1. The second-order valence-electron chi connectivity index (χ2n) is 5.45. The Morgan fingerprint density at radius 3 is 2.60 bits per heavy atom. The predicted molar refractivity (Wildman–Crippen MR) is 105 cm³/mol. The van der Waals surface area contributed by atoms with Gasteiger partial charge >= 0.3 is 0 Å². The van der Waals surface area contributed by atoms with Crippen molar-refractivity contribution < 1.29 is 4.79 Å². The summed E-state index contributed by atoms with van der Waals surface area (Å²) in [5.74, 6) is -0.104. The van der Waals surface area contributed by atoms with Crippen LogP contribution in [0.15, 0.2) is 53.4 Å². The van der Waals surface area contributed by atoms with Crippen molar-refractivity contribution in [1.29, 1.82) is 0 Å². The molecule has 1 amide bonds. The van der Waals surface area contributed by atoms with Gasteiger partial charge in [0.2, 0.25) is 11.0 Å². The molecule has 1 aromatic heterocycles. The number of nitrogens with one attached hydrogen (secondary N) is 1. The van der Waals surface area contributed by atoms with Crippen LogP contribution in [0.2, 0.25) is 5.02 Å². The minimum atomic E-state index is -0.240. The number of amides is 1. The Bertz CT molecular complexity index is 880. The van der Waals surface area contributed by atoms with Crippen molar-refractivity contribution in [2.75, 3.05) is 5.32 Å². The Morgan fingerprint density at radius 2 is 1.88 bits per heavy atom. The lowest BCUT2D eigenvalue weighted by atomic mass is 10.2. The SMILES string of the molecule is Cc1ccc(SC(C)C(=O)Nc2nnc(-c3ccccc3Cl)s2)cc1. The largest absolute Gasteiger partial charge is 0.300 e. The van der Waals surface area contributed by atoms with E-state index in [9.17, 15) is 4.79 Å². The zero-order chi connectivity index (χ0) is 17.8. The van der Waals surface area contributed by atoms with Crippen molar-refractivity contribution in [1.82, 2.24) is 10.2 Å². The molecule has 2 aromatic carbocycles. The number of nitrogens with zero attached hydrogens (tertiary/aromatic N) is 2.